The Labute approximate surface area is 158 Å². The molecule has 1 amide bonds. The number of thiophene rings is 1. The Morgan fingerprint density at radius 1 is 1.15 bits per heavy atom. The van der Waals surface area contributed by atoms with Gasteiger partial charge in [-0.05, 0) is 29.6 Å². The summed E-state index contributed by atoms with van der Waals surface area (Å²) >= 11 is 7.58. The number of carbonyl (C=O) groups excluding carboxylic acids is 2. The standard InChI is InChI=1S/C18H15ClN2O4S/c1-24-15-10-14(21-6-3-4-7-21)13(19)9-12(15)16(22)20-17-11(5-8-26-17)18(23)25-2/h3-10H,1-2H3,(H,20,22). The third-order valence-corrected chi connectivity index (χ3v) is 4.83. The maximum Gasteiger partial charge on any atom is 0.340 e. The molecule has 0 aliphatic heterocycles. The van der Waals surface area contributed by atoms with E-state index >= 15 is 0 Å². The lowest BCUT2D eigenvalue weighted by Gasteiger charge is -2.13. The highest BCUT2D eigenvalue weighted by Crippen LogP contribution is 2.31. The highest BCUT2D eigenvalue weighted by molar-refractivity contribution is 7.14. The monoisotopic (exact) mass is 390 g/mol. The quantitative estimate of drug-likeness (QED) is 0.661. The highest BCUT2D eigenvalue weighted by atomic mass is 35.5. The van der Waals surface area contributed by atoms with Crippen molar-refractivity contribution in [3.05, 3.63) is 64.3 Å². The molecule has 0 unspecified atom stereocenters. The fourth-order valence-electron chi connectivity index (χ4n) is 2.43. The van der Waals surface area contributed by atoms with Crippen LogP contribution in [-0.2, 0) is 4.74 Å². The molecule has 1 aromatic carbocycles. The Kier molecular flexibility index (Phi) is 5.29. The van der Waals surface area contributed by atoms with Gasteiger partial charge in [0, 0.05) is 18.5 Å². The second kappa shape index (κ2) is 7.63. The van der Waals surface area contributed by atoms with Crippen LogP contribution in [-0.4, -0.2) is 30.7 Å². The molecule has 2 aromatic heterocycles. The molecule has 8 heteroatoms. The Bertz CT molecular complexity index is 950. The van der Waals surface area contributed by atoms with Gasteiger partial charge in [-0.15, -0.1) is 11.3 Å². The molecule has 0 fully saturated rings. The van der Waals surface area contributed by atoms with Gasteiger partial charge in [0.2, 0.25) is 0 Å². The second-order valence-electron chi connectivity index (χ2n) is 5.20. The summed E-state index contributed by atoms with van der Waals surface area (Å²) in [7, 11) is 2.76. The number of aromatic nitrogens is 1. The Morgan fingerprint density at radius 3 is 2.54 bits per heavy atom. The Hall–Kier alpha value is -2.77. The van der Waals surface area contributed by atoms with Crippen LogP contribution in [0, 0.1) is 0 Å². The number of esters is 1. The maximum atomic E-state index is 12.7. The normalized spacial score (nSPS) is 10.4. The molecule has 0 aliphatic carbocycles. The van der Waals surface area contributed by atoms with E-state index in [-0.39, 0.29) is 5.56 Å². The van der Waals surface area contributed by atoms with Crippen molar-refractivity contribution in [1.82, 2.24) is 4.57 Å². The largest absolute Gasteiger partial charge is 0.496 e. The number of methoxy groups -OCH3 is 2. The van der Waals surface area contributed by atoms with Crippen molar-refractivity contribution in [3.63, 3.8) is 0 Å². The van der Waals surface area contributed by atoms with Gasteiger partial charge in [-0.3, -0.25) is 4.79 Å². The molecule has 0 spiro atoms. The first-order valence-electron chi connectivity index (χ1n) is 7.53. The lowest BCUT2D eigenvalue weighted by molar-refractivity contribution is 0.0602. The molecule has 2 heterocycles. The fourth-order valence-corrected chi connectivity index (χ4v) is 3.46. The predicted molar refractivity (Wildman–Crippen MR) is 101 cm³/mol. The smallest absolute Gasteiger partial charge is 0.340 e. The summed E-state index contributed by atoms with van der Waals surface area (Å²) < 4.78 is 11.9. The average Bonchev–Trinajstić information content (AvgIpc) is 3.32. The first-order valence-corrected chi connectivity index (χ1v) is 8.79. The zero-order chi connectivity index (χ0) is 18.7. The maximum absolute atomic E-state index is 12.7. The number of anilines is 1. The molecule has 3 rings (SSSR count). The minimum absolute atomic E-state index is 0.262. The second-order valence-corrected chi connectivity index (χ2v) is 6.53. The van der Waals surface area contributed by atoms with Crippen molar-refractivity contribution in [1.29, 1.82) is 0 Å². The van der Waals surface area contributed by atoms with E-state index in [0.717, 1.165) is 0 Å². The summed E-state index contributed by atoms with van der Waals surface area (Å²) in [6.45, 7) is 0. The number of rotatable bonds is 5. The van der Waals surface area contributed by atoms with Gasteiger partial charge in [-0.2, -0.15) is 0 Å². The SMILES string of the molecule is COC(=O)c1ccsc1NC(=O)c1cc(Cl)c(-n2cccc2)cc1OC. The third kappa shape index (κ3) is 3.44. The molecule has 0 saturated carbocycles. The lowest BCUT2D eigenvalue weighted by Crippen LogP contribution is -2.15. The van der Waals surface area contributed by atoms with Gasteiger partial charge in [0.1, 0.15) is 10.8 Å². The van der Waals surface area contributed by atoms with E-state index in [1.165, 1.54) is 31.6 Å². The third-order valence-electron chi connectivity index (χ3n) is 3.69. The van der Waals surface area contributed by atoms with Gasteiger partial charge in [-0.25, -0.2) is 4.79 Å². The van der Waals surface area contributed by atoms with E-state index in [1.54, 1.807) is 17.5 Å². The molecule has 0 bridgehead atoms. The Morgan fingerprint density at radius 2 is 1.88 bits per heavy atom. The van der Waals surface area contributed by atoms with Crippen LogP contribution >= 0.6 is 22.9 Å². The van der Waals surface area contributed by atoms with Gasteiger partial charge in [0.05, 0.1) is 36.1 Å². The number of halogens is 1. The van der Waals surface area contributed by atoms with Gasteiger partial charge in [0.15, 0.2) is 0 Å². The summed E-state index contributed by atoms with van der Waals surface area (Å²) in [6.07, 6.45) is 3.68. The number of hydrogen-bond acceptors (Lipinski definition) is 5. The van der Waals surface area contributed by atoms with E-state index in [4.69, 9.17) is 21.1 Å². The van der Waals surface area contributed by atoms with Crippen molar-refractivity contribution in [2.45, 2.75) is 0 Å². The van der Waals surface area contributed by atoms with Crippen LogP contribution in [0.2, 0.25) is 5.02 Å². The first kappa shape index (κ1) is 18.0. The summed E-state index contributed by atoms with van der Waals surface area (Å²) in [4.78, 5) is 24.5. The first-order chi connectivity index (χ1) is 12.5. The number of amides is 1. The Balaban J connectivity index is 1.94. The van der Waals surface area contributed by atoms with E-state index in [0.29, 0.717) is 27.0 Å². The number of carbonyl (C=O) groups is 2. The van der Waals surface area contributed by atoms with Crippen LogP contribution in [0.3, 0.4) is 0 Å². The van der Waals surface area contributed by atoms with Crippen molar-refractivity contribution in [3.8, 4) is 11.4 Å². The number of benzene rings is 1. The molecule has 134 valence electrons. The topological polar surface area (TPSA) is 69.6 Å². The van der Waals surface area contributed by atoms with Crippen LogP contribution in [0.25, 0.3) is 5.69 Å². The van der Waals surface area contributed by atoms with Crippen molar-refractivity contribution in [2.24, 2.45) is 0 Å². The van der Waals surface area contributed by atoms with Crippen LogP contribution in [0.15, 0.2) is 48.1 Å². The minimum atomic E-state index is -0.519. The van der Waals surface area contributed by atoms with Gasteiger partial charge >= 0.3 is 5.97 Å². The fraction of sp³-hybridized carbons (Fsp3) is 0.111. The van der Waals surface area contributed by atoms with Crippen LogP contribution in [0.1, 0.15) is 20.7 Å². The van der Waals surface area contributed by atoms with Crippen LogP contribution in [0.5, 0.6) is 5.75 Å². The van der Waals surface area contributed by atoms with E-state index < -0.39 is 11.9 Å². The summed E-state index contributed by atoms with van der Waals surface area (Å²) in [6, 6.07) is 8.55. The van der Waals surface area contributed by atoms with E-state index in [9.17, 15) is 9.59 Å². The number of nitrogens with zero attached hydrogens (tertiary/aromatic N) is 1. The van der Waals surface area contributed by atoms with Gasteiger partial charge < -0.3 is 19.4 Å². The highest BCUT2D eigenvalue weighted by Gasteiger charge is 2.20. The molecular formula is C18H15ClN2O4S. The van der Waals surface area contributed by atoms with Crippen molar-refractivity contribution < 1.29 is 19.1 Å². The molecular weight excluding hydrogens is 376 g/mol. The van der Waals surface area contributed by atoms with Crippen LogP contribution in [0.4, 0.5) is 5.00 Å². The molecule has 1 N–H and O–H groups in total. The molecule has 6 nitrogen and oxygen atoms in total. The molecule has 26 heavy (non-hydrogen) atoms. The summed E-state index contributed by atoms with van der Waals surface area (Å²) in [5.41, 5.74) is 1.24. The van der Waals surface area contributed by atoms with Crippen LogP contribution < -0.4 is 10.1 Å². The molecule has 0 aliphatic rings. The average molecular weight is 391 g/mol. The van der Waals surface area contributed by atoms with Crippen molar-refractivity contribution >= 4 is 39.8 Å². The molecule has 0 atom stereocenters. The van der Waals surface area contributed by atoms with E-state index in [1.807, 2.05) is 29.1 Å². The molecule has 0 saturated heterocycles. The number of ether oxygens (including phenoxy) is 2. The van der Waals surface area contributed by atoms with Gasteiger partial charge in [0.25, 0.3) is 5.91 Å². The van der Waals surface area contributed by atoms with E-state index in [2.05, 4.69) is 5.32 Å². The minimum Gasteiger partial charge on any atom is -0.496 e. The zero-order valence-corrected chi connectivity index (χ0v) is 15.6. The molecule has 0 radical (unpaired) electrons. The summed E-state index contributed by atoms with van der Waals surface area (Å²) in [5, 5.41) is 5.20. The summed E-state index contributed by atoms with van der Waals surface area (Å²) in [5.74, 6) is -0.586. The zero-order valence-electron chi connectivity index (χ0n) is 14.0. The number of nitrogens with one attached hydrogen (secondary N) is 1. The van der Waals surface area contributed by atoms with Crippen molar-refractivity contribution in [2.75, 3.05) is 19.5 Å². The predicted octanol–water partition coefficient (Wildman–Crippen LogP) is 4.24. The lowest BCUT2D eigenvalue weighted by atomic mass is 10.1. The van der Waals surface area contributed by atoms with Gasteiger partial charge in [-0.1, -0.05) is 11.6 Å². The number of hydrogen-bond donors (Lipinski definition) is 1. The molecule has 3 aromatic rings.